The standard InChI is InChI=1S/C32H36N6O3S/c1-38-13-5-8-21(38)18-41-26-15-24(20-7-2-6-19(14-20)17-39)36-31(37-26)28(34)22-9-3-11-32(29(22)40)12-4-10-25-27(32)23(16-33)30(35)42-25/h2,6-7,14-15,21,39H,3-5,8-13,17-18,34-35H2,1H3/b28-22-/t21-,32-/m0/s1. The van der Waals surface area contributed by atoms with Crippen LogP contribution in [0.15, 0.2) is 35.9 Å². The normalized spacial score (nSPS) is 23.5. The van der Waals surface area contributed by atoms with Gasteiger partial charge in [-0.1, -0.05) is 18.2 Å². The fraction of sp³-hybridized carbons (Fsp3) is 0.438. The number of likely N-dealkylation sites (N-methyl/N-ethyl adjacent to an activating group) is 1. The molecule has 1 spiro atoms. The zero-order valence-electron chi connectivity index (χ0n) is 23.9. The molecule has 1 saturated heterocycles. The largest absolute Gasteiger partial charge is 0.476 e. The van der Waals surface area contributed by atoms with Crippen LogP contribution in [0.2, 0.25) is 0 Å². The van der Waals surface area contributed by atoms with Gasteiger partial charge in [0.1, 0.15) is 17.7 Å². The van der Waals surface area contributed by atoms with Gasteiger partial charge in [-0.2, -0.15) is 10.2 Å². The van der Waals surface area contributed by atoms with Crippen molar-refractivity contribution in [2.75, 3.05) is 25.9 Å². The van der Waals surface area contributed by atoms with Crippen LogP contribution in [0, 0.1) is 11.3 Å². The van der Waals surface area contributed by atoms with Gasteiger partial charge in [0.05, 0.1) is 29.0 Å². The molecule has 9 nitrogen and oxygen atoms in total. The quantitative estimate of drug-likeness (QED) is 0.360. The zero-order chi connectivity index (χ0) is 29.4. The number of fused-ring (bicyclic) bond motifs is 2. The molecule has 3 aromatic rings. The first kappa shape index (κ1) is 28.3. The Bertz CT molecular complexity index is 1610. The molecular weight excluding hydrogens is 548 g/mol. The lowest BCUT2D eigenvalue weighted by Crippen LogP contribution is -2.43. The predicted molar refractivity (Wildman–Crippen MR) is 163 cm³/mol. The van der Waals surface area contributed by atoms with E-state index in [1.807, 2.05) is 24.3 Å². The highest BCUT2D eigenvalue weighted by molar-refractivity contribution is 7.16. The first-order chi connectivity index (χ1) is 20.3. The number of nitrogen functional groups attached to an aromatic ring is 1. The van der Waals surface area contributed by atoms with E-state index in [4.69, 9.17) is 26.2 Å². The maximum atomic E-state index is 14.4. The van der Waals surface area contributed by atoms with E-state index in [0.717, 1.165) is 60.2 Å². The molecule has 10 heteroatoms. The Morgan fingerprint density at radius 1 is 1.24 bits per heavy atom. The smallest absolute Gasteiger partial charge is 0.217 e. The number of nitrogens with two attached hydrogens (primary N) is 2. The number of hydrogen-bond donors (Lipinski definition) is 3. The first-order valence-electron chi connectivity index (χ1n) is 14.6. The number of aliphatic hydroxyl groups excluding tert-OH is 1. The van der Waals surface area contributed by atoms with Gasteiger partial charge in [0, 0.05) is 28.1 Å². The number of aromatic nitrogens is 2. The molecule has 5 N–H and O–H groups in total. The second-order valence-electron chi connectivity index (χ2n) is 11.6. The first-order valence-corrected chi connectivity index (χ1v) is 15.4. The van der Waals surface area contributed by atoms with E-state index in [9.17, 15) is 15.2 Å². The number of carbonyl (C=O) groups excluding carboxylic acids is 1. The second kappa shape index (κ2) is 11.5. The molecule has 2 fully saturated rings. The SMILES string of the molecule is CN1CCC[C@H]1COc1cc(-c2cccc(CO)c2)nc(/C(N)=C2\CCC[C@@]3(CCCc4sc(N)c(C#N)c43)C2=O)n1. The number of aliphatic hydroxyl groups is 1. The molecular formula is C32H36N6O3S. The minimum absolute atomic E-state index is 0.0483. The van der Waals surface area contributed by atoms with Gasteiger partial charge >= 0.3 is 0 Å². The van der Waals surface area contributed by atoms with Gasteiger partial charge in [0.15, 0.2) is 11.6 Å². The number of anilines is 1. The summed E-state index contributed by atoms with van der Waals surface area (Å²) in [5, 5.41) is 20.1. The highest BCUT2D eigenvalue weighted by Crippen LogP contribution is 2.52. The Kier molecular flexibility index (Phi) is 7.75. The average Bonchev–Trinajstić information content (AvgIpc) is 3.58. The lowest BCUT2D eigenvalue weighted by atomic mass is 9.61. The molecule has 42 heavy (non-hydrogen) atoms. The Hall–Kier alpha value is -3.78. The van der Waals surface area contributed by atoms with Crippen LogP contribution in [0.3, 0.4) is 0 Å². The summed E-state index contributed by atoms with van der Waals surface area (Å²) >= 11 is 1.43. The lowest BCUT2D eigenvalue weighted by molar-refractivity contribution is -0.122. The van der Waals surface area contributed by atoms with Crippen molar-refractivity contribution in [3.05, 3.63) is 63.3 Å². The summed E-state index contributed by atoms with van der Waals surface area (Å²) in [5.41, 5.74) is 16.4. The fourth-order valence-electron chi connectivity index (χ4n) is 6.89. The summed E-state index contributed by atoms with van der Waals surface area (Å²) < 4.78 is 6.22. The van der Waals surface area contributed by atoms with Gasteiger partial charge in [-0.25, -0.2) is 4.98 Å². The van der Waals surface area contributed by atoms with Gasteiger partial charge in [-0.3, -0.25) is 4.79 Å². The minimum atomic E-state index is -0.801. The number of nitrogens with zero attached hydrogens (tertiary/aromatic N) is 4. The Morgan fingerprint density at radius 3 is 2.79 bits per heavy atom. The third-order valence-electron chi connectivity index (χ3n) is 9.11. The number of hydrogen-bond acceptors (Lipinski definition) is 10. The van der Waals surface area contributed by atoms with Crippen molar-refractivity contribution in [2.24, 2.45) is 5.73 Å². The summed E-state index contributed by atoms with van der Waals surface area (Å²) in [4.78, 5) is 27.3. The molecule has 2 aromatic heterocycles. The number of thiophene rings is 1. The molecule has 6 rings (SSSR count). The monoisotopic (exact) mass is 584 g/mol. The van der Waals surface area contributed by atoms with Crippen LogP contribution in [0.1, 0.15) is 72.3 Å². The molecule has 1 aliphatic heterocycles. The van der Waals surface area contributed by atoms with E-state index >= 15 is 0 Å². The molecule has 2 aliphatic carbocycles. The number of rotatable bonds is 6. The average molecular weight is 585 g/mol. The third-order valence-corrected chi connectivity index (χ3v) is 10.2. The summed E-state index contributed by atoms with van der Waals surface area (Å²) in [5.74, 6) is 0.592. The van der Waals surface area contributed by atoms with Gasteiger partial charge in [-0.05, 0) is 82.2 Å². The van der Waals surface area contributed by atoms with Gasteiger partial charge in [0.2, 0.25) is 5.88 Å². The van der Waals surface area contributed by atoms with Crippen LogP contribution >= 0.6 is 11.3 Å². The van der Waals surface area contributed by atoms with Crippen LogP contribution < -0.4 is 16.2 Å². The van der Waals surface area contributed by atoms with Crippen LogP contribution in [0.25, 0.3) is 17.0 Å². The molecule has 1 saturated carbocycles. The molecule has 0 bridgehead atoms. The molecule has 0 amide bonds. The maximum absolute atomic E-state index is 14.4. The number of aryl methyl sites for hydroxylation is 1. The number of ether oxygens (including phenoxy) is 1. The molecule has 218 valence electrons. The molecule has 3 heterocycles. The number of likely N-dealkylation sites (tertiary alicyclic amines) is 1. The van der Waals surface area contributed by atoms with Crippen LogP contribution in [0.5, 0.6) is 5.88 Å². The van der Waals surface area contributed by atoms with Crippen molar-refractivity contribution in [3.8, 4) is 23.2 Å². The van der Waals surface area contributed by atoms with E-state index in [2.05, 4.69) is 18.0 Å². The Balaban J connectivity index is 1.42. The number of Topliss-reactive ketones (excluding diaryl/α,β-unsaturated/α-hetero) is 1. The van der Waals surface area contributed by atoms with E-state index < -0.39 is 5.41 Å². The van der Waals surface area contributed by atoms with Crippen molar-refractivity contribution in [3.63, 3.8) is 0 Å². The second-order valence-corrected chi connectivity index (χ2v) is 12.8. The van der Waals surface area contributed by atoms with E-state index in [1.165, 1.54) is 11.3 Å². The summed E-state index contributed by atoms with van der Waals surface area (Å²) in [7, 11) is 2.10. The zero-order valence-corrected chi connectivity index (χ0v) is 24.7. The highest BCUT2D eigenvalue weighted by Gasteiger charge is 2.49. The highest BCUT2D eigenvalue weighted by atomic mass is 32.1. The van der Waals surface area contributed by atoms with Crippen molar-refractivity contribution in [2.45, 2.75) is 69.4 Å². The van der Waals surface area contributed by atoms with Crippen molar-refractivity contribution >= 4 is 27.8 Å². The Morgan fingerprint density at radius 2 is 2.05 bits per heavy atom. The number of carbonyl (C=O) groups is 1. The minimum Gasteiger partial charge on any atom is -0.476 e. The summed E-state index contributed by atoms with van der Waals surface area (Å²) in [6, 6.07) is 11.9. The number of benzene rings is 1. The molecule has 2 atom stereocenters. The van der Waals surface area contributed by atoms with Gasteiger partial charge in [0.25, 0.3) is 0 Å². The van der Waals surface area contributed by atoms with Gasteiger partial charge in [-0.15, -0.1) is 11.3 Å². The third kappa shape index (κ3) is 4.96. The molecule has 3 aliphatic rings. The van der Waals surface area contributed by atoms with Crippen molar-refractivity contribution in [1.29, 1.82) is 5.26 Å². The van der Waals surface area contributed by atoms with E-state index in [-0.39, 0.29) is 23.9 Å². The van der Waals surface area contributed by atoms with Crippen LogP contribution in [-0.4, -0.2) is 52.0 Å². The van der Waals surface area contributed by atoms with E-state index in [0.29, 0.717) is 59.6 Å². The summed E-state index contributed by atoms with van der Waals surface area (Å²) in [6.07, 6.45) is 6.48. The van der Waals surface area contributed by atoms with Crippen LogP contribution in [-0.2, 0) is 23.2 Å². The number of ketones is 1. The molecule has 1 aromatic carbocycles. The Labute approximate surface area is 249 Å². The lowest BCUT2D eigenvalue weighted by Gasteiger charge is -2.40. The predicted octanol–water partition coefficient (Wildman–Crippen LogP) is 4.32. The number of nitriles is 1. The summed E-state index contributed by atoms with van der Waals surface area (Å²) in [6.45, 7) is 1.43. The number of allylic oxidation sites excluding steroid dienone is 1. The maximum Gasteiger partial charge on any atom is 0.217 e. The van der Waals surface area contributed by atoms with Gasteiger partial charge < -0.3 is 26.2 Å². The topological polar surface area (TPSA) is 151 Å². The van der Waals surface area contributed by atoms with Crippen LogP contribution in [0.4, 0.5) is 5.00 Å². The van der Waals surface area contributed by atoms with E-state index in [1.54, 1.807) is 6.07 Å². The fourth-order valence-corrected chi connectivity index (χ4v) is 8.05. The van der Waals surface area contributed by atoms with Crippen molar-refractivity contribution in [1.82, 2.24) is 14.9 Å². The molecule has 0 unspecified atom stereocenters. The molecule has 0 radical (unpaired) electrons. The van der Waals surface area contributed by atoms with Crippen molar-refractivity contribution < 1.29 is 14.6 Å².